The lowest BCUT2D eigenvalue weighted by molar-refractivity contribution is 0.597. The van der Waals surface area contributed by atoms with Gasteiger partial charge in [0.05, 0.1) is 10.3 Å². The molecule has 0 amide bonds. The first-order valence-electron chi connectivity index (χ1n) is 8.85. The monoisotopic (exact) mass is 358 g/mol. The second kappa shape index (κ2) is 5.97. The van der Waals surface area contributed by atoms with Gasteiger partial charge in [-0.1, -0.05) is 0 Å². The molecular formula is C20H23FN2OS. The summed E-state index contributed by atoms with van der Waals surface area (Å²) in [5.74, 6) is 1.97. The number of halogens is 1. The Balaban J connectivity index is 1.48. The molecule has 0 aliphatic heterocycles. The molecule has 2 aliphatic carbocycles. The highest BCUT2D eigenvalue weighted by Crippen LogP contribution is 2.61. The second-order valence-electron chi connectivity index (χ2n) is 8.25. The van der Waals surface area contributed by atoms with Crippen LogP contribution in [0, 0.1) is 23.6 Å². The van der Waals surface area contributed by atoms with Gasteiger partial charge in [-0.25, -0.2) is 8.60 Å². The minimum Gasteiger partial charge on any atom is -0.256 e. The topological polar surface area (TPSA) is 42.3 Å². The molecule has 4 rings (SSSR count). The van der Waals surface area contributed by atoms with E-state index < -0.39 is 11.0 Å². The summed E-state index contributed by atoms with van der Waals surface area (Å²) in [5.41, 5.74) is 2.07. The van der Waals surface area contributed by atoms with Gasteiger partial charge < -0.3 is 0 Å². The SMILES string of the molecule is CC(C)(C)S(=O)/N=C/C1[C@H]2CC(c3ccnc4ccc(F)cc34)C[C@@H]12. The Bertz CT molecular complexity index is 862. The molecule has 2 fully saturated rings. The van der Waals surface area contributed by atoms with Gasteiger partial charge >= 0.3 is 0 Å². The van der Waals surface area contributed by atoms with E-state index in [2.05, 4.69) is 9.38 Å². The third kappa shape index (κ3) is 3.14. The van der Waals surface area contributed by atoms with E-state index in [0.29, 0.717) is 23.7 Å². The number of benzene rings is 1. The zero-order chi connectivity index (χ0) is 17.8. The maximum atomic E-state index is 13.6. The van der Waals surface area contributed by atoms with Crippen molar-refractivity contribution in [2.24, 2.45) is 22.2 Å². The molecule has 2 aliphatic rings. The van der Waals surface area contributed by atoms with Crippen LogP contribution in [0.5, 0.6) is 0 Å². The van der Waals surface area contributed by atoms with Crippen molar-refractivity contribution in [3.05, 3.63) is 41.8 Å². The molecule has 0 spiro atoms. The standard InChI is InChI=1S/C20H23FN2OS/c1-20(2,3)25(24)23-11-18-15-8-12(9-16(15)18)14-6-7-22-19-5-4-13(21)10-17(14)19/h4-7,10-12,15-16,18H,8-9H2,1-3H3/b23-11+/t12?,15-,16+,18?,25?. The van der Waals surface area contributed by atoms with Crippen LogP contribution in [0.1, 0.15) is 45.1 Å². The van der Waals surface area contributed by atoms with Crippen LogP contribution in [-0.2, 0) is 11.0 Å². The molecule has 0 N–H and O–H groups in total. The molecule has 1 heterocycles. The van der Waals surface area contributed by atoms with Crippen molar-refractivity contribution in [1.82, 2.24) is 4.98 Å². The van der Waals surface area contributed by atoms with Crippen molar-refractivity contribution < 1.29 is 8.60 Å². The van der Waals surface area contributed by atoms with Crippen molar-refractivity contribution in [3.63, 3.8) is 0 Å². The van der Waals surface area contributed by atoms with Crippen LogP contribution < -0.4 is 0 Å². The lowest BCUT2D eigenvalue weighted by Gasteiger charge is -2.16. The summed E-state index contributed by atoms with van der Waals surface area (Å²) in [6, 6.07) is 6.86. The van der Waals surface area contributed by atoms with Gasteiger partial charge in [0.2, 0.25) is 0 Å². The lowest BCUT2D eigenvalue weighted by atomic mass is 9.90. The van der Waals surface area contributed by atoms with Crippen LogP contribution in [0.3, 0.4) is 0 Å². The molecule has 1 aromatic heterocycles. The molecule has 0 bridgehead atoms. The van der Waals surface area contributed by atoms with Crippen molar-refractivity contribution in [3.8, 4) is 0 Å². The minimum absolute atomic E-state index is 0.209. The molecule has 0 saturated heterocycles. The lowest BCUT2D eigenvalue weighted by Crippen LogP contribution is -2.19. The summed E-state index contributed by atoms with van der Waals surface area (Å²) in [5, 5.41) is 0.938. The van der Waals surface area contributed by atoms with Crippen LogP contribution in [0.15, 0.2) is 34.9 Å². The van der Waals surface area contributed by atoms with E-state index in [0.717, 1.165) is 23.7 Å². The molecule has 132 valence electrons. The van der Waals surface area contributed by atoms with E-state index in [1.807, 2.05) is 39.2 Å². The van der Waals surface area contributed by atoms with Gasteiger partial charge in [-0.05, 0) is 81.2 Å². The van der Waals surface area contributed by atoms with E-state index >= 15 is 0 Å². The van der Waals surface area contributed by atoms with Gasteiger partial charge in [-0.3, -0.25) is 4.98 Å². The van der Waals surface area contributed by atoms with Gasteiger partial charge in [-0.15, -0.1) is 0 Å². The number of aromatic nitrogens is 1. The summed E-state index contributed by atoms with van der Waals surface area (Å²) < 4.78 is 29.7. The quantitative estimate of drug-likeness (QED) is 0.750. The Morgan fingerprint density at radius 3 is 2.64 bits per heavy atom. The highest BCUT2D eigenvalue weighted by molar-refractivity contribution is 7.85. The molecule has 2 saturated carbocycles. The normalized spacial score (nSPS) is 29.9. The number of hydrogen-bond acceptors (Lipinski definition) is 2. The van der Waals surface area contributed by atoms with Crippen molar-refractivity contribution >= 4 is 28.1 Å². The Kier molecular flexibility index (Phi) is 4.02. The maximum Gasteiger partial charge on any atom is 0.144 e. The number of hydrogen-bond donors (Lipinski definition) is 0. The molecule has 3 unspecified atom stereocenters. The number of pyridine rings is 1. The predicted molar refractivity (Wildman–Crippen MR) is 101 cm³/mol. The van der Waals surface area contributed by atoms with E-state index in [-0.39, 0.29) is 10.6 Å². The number of rotatable bonds is 3. The summed E-state index contributed by atoms with van der Waals surface area (Å²) in [4.78, 5) is 4.35. The average Bonchev–Trinajstić information content (AvgIpc) is 3.00. The summed E-state index contributed by atoms with van der Waals surface area (Å²) in [7, 11) is -1.17. The number of nitrogens with zero attached hydrogens (tertiary/aromatic N) is 2. The van der Waals surface area contributed by atoms with E-state index in [4.69, 9.17) is 0 Å². The molecular weight excluding hydrogens is 335 g/mol. The third-order valence-electron chi connectivity index (χ3n) is 5.54. The highest BCUT2D eigenvalue weighted by Gasteiger charge is 2.55. The van der Waals surface area contributed by atoms with Gasteiger partial charge in [0.25, 0.3) is 0 Å². The summed E-state index contributed by atoms with van der Waals surface area (Å²) >= 11 is 0. The van der Waals surface area contributed by atoms with Crippen molar-refractivity contribution in [2.45, 2.75) is 44.3 Å². The summed E-state index contributed by atoms with van der Waals surface area (Å²) in [6.45, 7) is 5.83. The molecule has 2 aromatic rings. The first-order valence-corrected chi connectivity index (χ1v) is 9.95. The summed E-state index contributed by atoms with van der Waals surface area (Å²) in [6.07, 6.45) is 5.94. The molecule has 1 aromatic carbocycles. The molecule has 25 heavy (non-hydrogen) atoms. The van der Waals surface area contributed by atoms with Crippen molar-refractivity contribution in [2.75, 3.05) is 0 Å². The van der Waals surface area contributed by atoms with Crippen LogP contribution in [0.25, 0.3) is 10.9 Å². The average molecular weight is 358 g/mol. The van der Waals surface area contributed by atoms with Crippen molar-refractivity contribution in [1.29, 1.82) is 0 Å². The Hall–Kier alpha value is -1.62. The van der Waals surface area contributed by atoms with Crippen LogP contribution in [0.2, 0.25) is 0 Å². The molecule has 5 heteroatoms. The fourth-order valence-corrected chi connectivity index (χ4v) is 4.71. The largest absolute Gasteiger partial charge is 0.256 e. The molecule has 5 atom stereocenters. The first kappa shape index (κ1) is 16.8. The molecule has 0 radical (unpaired) electrons. The van der Waals surface area contributed by atoms with Gasteiger partial charge in [0.15, 0.2) is 0 Å². The van der Waals surface area contributed by atoms with Crippen LogP contribution in [-0.4, -0.2) is 20.2 Å². The van der Waals surface area contributed by atoms with Gasteiger partial charge in [0, 0.05) is 23.7 Å². The van der Waals surface area contributed by atoms with Gasteiger partial charge in [0.1, 0.15) is 16.8 Å². The Morgan fingerprint density at radius 1 is 1.24 bits per heavy atom. The Morgan fingerprint density at radius 2 is 1.96 bits per heavy atom. The van der Waals surface area contributed by atoms with Crippen LogP contribution >= 0.6 is 0 Å². The fraction of sp³-hybridized carbons (Fsp3) is 0.500. The van der Waals surface area contributed by atoms with Gasteiger partial charge in [-0.2, -0.15) is 4.40 Å². The number of fused-ring (bicyclic) bond motifs is 2. The van der Waals surface area contributed by atoms with E-state index in [9.17, 15) is 8.60 Å². The van der Waals surface area contributed by atoms with Crippen LogP contribution in [0.4, 0.5) is 4.39 Å². The third-order valence-corrected chi connectivity index (χ3v) is 6.90. The molecule has 3 nitrogen and oxygen atoms in total. The fourth-order valence-electron chi connectivity index (χ4n) is 4.15. The van der Waals surface area contributed by atoms with E-state index in [1.54, 1.807) is 12.1 Å². The predicted octanol–water partition coefficient (Wildman–Crippen LogP) is 4.65. The minimum atomic E-state index is -1.17. The zero-order valence-corrected chi connectivity index (χ0v) is 15.6. The second-order valence-corrected chi connectivity index (χ2v) is 10.2. The highest BCUT2D eigenvalue weighted by atomic mass is 32.2. The smallest absolute Gasteiger partial charge is 0.144 e. The Labute approximate surface area is 150 Å². The first-order chi connectivity index (χ1) is 11.8. The van der Waals surface area contributed by atoms with E-state index in [1.165, 1.54) is 11.6 Å². The zero-order valence-electron chi connectivity index (χ0n) is 14.8. The maximum absolute atomic E-state index is 13.6.